The summed E-state index contributed by atoms with van der Waals surface area (Å²) in [7, 11) is 0. The highest BCUT2D eigenvalue weighted by Crippen LogP contribution is 2.36. The summed E-state index contributed by atoms with van der Waals surface area (Å²) in [5.74, 6) is 0.0197. The molecule has 1 atom stereocenters. The molecule has 18 heavy (non-hydrogen) atoms. The number of nitrogens with zero attached hydrogens (tertiary/aromatic N) is 1. The van der Waals surface area contributed by atoms with E-state index >= 15 is 0 Å². The topological polar surface area (TPSA) is 49.4 Å². The second kappa shape index (κ2) is 4.44. The molecule has 4 nitrogen and oxygen atoms in total. The fourth-order valence-electron chi connectivity index (χ4n) is 2.69. The van der Waals surface area contributed by atoms with Crippen LogP contribution in [-0.4, -0.2) is 36.3 Å². The zero-order valence-corrected chi connectivity index (χ0v) is 10.2. The number of carbonyl (C=O) groups excluding carboxylic acids is 2. The Morgan fingerprint density at radius 2 is 2.17 bits per heavy atom. The molecule has 1 heterocycles. The molecular weight excluding hydrogens is 228 g/mol. The van der Waals surface area contributed by atoms with Gasteiger partial charge in [0, 0.05) is 13.1 Å². The van der Waals surface area contributed by atoms with Crippen molar-refractivity contribution in [1.82, 2.24) is 10.2 Å². The summed E-state index contributed by atoms with van der Waals surface area (Å²) in [6, 6.07) is 8.04. The molecule has 1 aliphatic heterocycles. The van der Waals surface area contributed by atoms with Gasteiger partial charge in [0.05, 0.1) is 12.5 Å². The van der Waals surface area contributed by atoms with Gasteiger partial charge < -0.3 is 10.2 Å². The van der Waals surface area contributed by atoms with Crippen LogP contribution >= 0.6 is 0 Å². The molecule has 2 amide bonds. The van der Waals surface area contributed by atoms with Crippen molar-refractivity contribution < 1.29 is 9.59 Å². The van der Waals surface area contributed by atoms with Gasteiger partial charge in [0.25, 0.3) is 0 Å². The number of amides is 2. The highest BCUT2D eigenvalue weighted by atomic mass is 16.2. The van der Waals surface area contributed by atoms with Crippen LogP contribution in [0, 0.1) is 0 Å². The average molecular weight is 244 g/mol. The SMILES string of the molecule is O=C1CN(C(=O)C2Cc3ccccc32)CCCN1. The van der Waals surface area contributed by atoms with Crippen molar-refractivity contribution in [1.29, 1.82) is 0 Å². The number of benzene rings is 1. The smallest absolute Gasteiger partial charge is 0.239 e. The molecule has 1 N–H and O–H groups in total. The van der Waals surface area contributed by atoms with Crippen molar-refractivity contribution in [3.8, 4) is 0 Å². The second-order valence-electron chi connectivity index (χ2n) is 4.92. The monoisotopic (exact) mass is 244 g/mol. The van der Waals surface area contributed by atoms with Crippen LogP contribution in [0.2, 0.25) is 0 Å². The van der Waals surface area contributed by atoms with E-state index in [4.69, 9.17) is 0 Å². The largest absolute Gasteiger partial charge is 0.354 e. The van der Waals surface area contributed by atoms with Gasteiger partial charge in [0.2, 0.25) is 11.8 Å². The van der Waals surface area contributed by atoms with Crippen LogP contribution in [0.25, 0.3) is 0 Å². The van der Waals surface area contributed by atoms with Gasteiger partial charge in [-0.05, 0) is 24.0 Å². The standard InChI is InChI=1S/C14H16N2O2/c17-13-9-16(7-3-6-15-13)14(18)12-8-10-4-1-2-5-11(10)12/h1-2,4-5,12H,3,6-9H2,(H,15,17). The van der Waals surface area contributed by atoms with E-state index in [0.29, 0.717) is 13.1 Å². The lowest BCUT2D eigenvalue weighted by atomic mass is 9.77. The molecule has 4 heteroatoms. The van der Waals surface area contributed by atoms with Crippen LogP contribution < -0.4 is 5.32 Å². The Bertz CT molecular complexity index is 498. The molecule has 1 aromatic rings. The van der Waals surface area contributed by atoms with Gasteiger partial charge in [-0.15, -0.1) is 0 Å². The first-order valence-electron chi connectivity index (χ1n) is 6.39. The first-order valence-corrected chi connectivity index (χ1v) is 6.39. The summed E-state index contributed by atoms with van der Waals surface area (Å²) in [5.41, 5.74) is 2.39. The van der Waals surface area contributed by atoms with Crippen LogP contribution in [0.4, 0.5) is 0 Å². The molecule has 0 bridgehead atoms. The predicted molar refractivity (Wildman–Crippen MR) is 67.1 cm³/mol. The Kier molecular flexibility index (Phi) is 2.78. The van der Waals surface area contributed by atoms with Gasteiger partial charge in [0.15, 0.2) is 0 Å². The number of carbonyl (C=O) groups is 2. The Balaban J connectivity index is 1.74. The van der Waals surface area contributed by atoms with E-state index in [-0.39, 0.29) is 24.3 Å². The van der Waals surface area contributed by atoms with E-state index in [1.165, 1.54) is 5.56 Å². The first kappa shape index (κ1) is 11.3. The zero-order valence-electron chi connectivity index (χ0n) is 10.2. The summed E-state index contributed by atoms with van der Waals surface area (Å²) < 4.78 is 0. The highest BCUT2D eigenvalue weighted by Gasteiger charge is 2.35. The molecule has 94 valence electrons. The lowest BCUT2D eigenvalue weighted by molar-refractivity contribution is -0.136. The maximum Gasteiger partial charge on any atom is 0.239 e. The van der Waals surface area contributed by atoms with Crippen molar-refractivity contribution in [3.05, 3.63) is 35.4 Å². The van der Waals surface area contributed by atoms with Gasteiger partial charge in [-0.1, -0.05) is 24.3 Å². The third kappa shape index (κ3) is 1.88. The zero-order chi connectivity index (χ0) is 12.5. The minimum Gasteiger partial charge on any atom is -0.354 e. The van der Waals surface area contributed by atoms with E-state index in [9.17, 15) is 9.59 Å². The molecule has 0 spiro atoms. The van der Waals surface area contributed by atoms with Crippen molar-refractivity contribution in [3.63, 3.8) is 0 Å². The minimum atomic E-state index is -0.0477. The van der Waals surface area contributed by atoms with Crippen LogP contribution in [-0.2, 0) is 16.0 Å². The maximum atomic E-state index is 12.4. The molecule has 1 unspecified atom stereocenters. The summed E-state index contributed by atoms with van der Waals surface area (Å²) in [4.78, 5) is 25.6. The van der Waals surface area contributed by atoms with Crippen molar-refractivity contribution >= 4 is 11.8 Å². The minimum absolute atomic E-state index is 0.0351. The second-order valence-corrected chi connectivity index (χ2v) is 4.92. The molecule has 3 rings (SSSR count). The van der Waals surface area contributed by atoms with E-state index in [1.54, 1.807) is 4.90 Å². The third-order valence-corrected chi connectivity index (χ3v) is 3.73. The van der Waals surface area contributed by atoms with Crippen molar-refractivity contribution in [2.24, 2.45) is 0 Å². The third-order valence-electron chi connectivity index (χ3n) is 3.73. The maximum absolute atomic E-state index is 12.4. The summed E-state index contributed by atoms with van der Waals surface area (Å²) in [5, 5.41) is 2.79. The van der Waals surface area contributed by atoms with Gasteiger partial charge in [-0.25, -0.2) is 0 Å². The highest BCUT2D eigenvalue weighted by molar-refractivity contribution is 5.90. The molecule has 1 fully saturated rings. The van der Waals surface area contributed by atoms with Crippen LogP contribution in [0.15, 0.2) is 24.3 Å². The molecule has 0 radical (unpaired) electrons. The normalized spacial score (nSPS) is 22.6. The van der Waals surface area contributed by atoms with Gasteiger partial charge in [-0.3, -0.25) is 9.59 Å². The van der Waals surface area contributed by atoms with E-state index in [2.05, 4.69) is 11.4 Å². The van der Waals surface area contributed by atoms with Crippen LogP contribution in [0.5, 0.6) is 0 Å². The number of hydrogen-bond donors (Lipinski definition) is 1. The predicted octanol–water partition coefficient (Wildman–Crippen LogP) is 0.675. The van der Waals surface area contributed by atoms with E-state index in [1.807, 2.05) is 18.2 Å². The number of rotatable bonds is 1. The molecule has 0 saturated carbocycles. The number of fused-ring (bicyclic) bond motifs is 1. The Labute approximate surface area is 106 Å². The number of nitrogens with one attached hydrogen (secondary N) is 1. The first-order chi connectivity index (χ1) is 8.75. The summed E-state index contributed by atoms with van der Waals surface area (Å²) in [6.07, 6.45) is 1.65. The summed E-state index contributed by atoms with van der Waals surface area (Å²) in [6.45, 7) is 1.55. The Morgan fingerprint density at radius 1 is 1.33 bits per heavy atom. The molecule has 1 saturated heterocycles. The molecule has 2 aliphatic rings. The van der Waals surface area contributed by atoms with Gasteiger partial charge in [-0.2, -0.15) is 0 Å². The molecule has 1 aromatic carbocycles. The average Bonchev–Trinajstić information content (AvgIpc) is 2.55. The quantitative estimate of drug-likeness (QED) is 0.789. The fraction of sp³-hybridized carbons (Fsp3) is 0.429. The fourth-order valence-corrected chi connectivity index (χ4v) is 2.69. The van der Waals surface area contributed by atoms with Crippen molar-refractivity contribution in [2.45, 2.75) is 18.8 Å². The van der Waals surface area contributed by atoms with E-state index < -0.39 is 0 Å². The van der Waals surface area contributed by atoms with Crippen LogP contribution in [0.3, 0.4) is 0 Å². The molecule has 1 aliphatic carbocycles. The van der Waals surface area contributed by atoms with E-state index in [0.717, 1.165) is 18.4 Å². The number of hydrogen-bond acceptors (Lipinski definition) is 2. The van der Waals surface area contributed by atoms with Gasteiger partial charge >= 0.3 is 0 Å². The Morgan fingerprint density at radius 3 is 3.00 bits per heavy atom. The van der Waals surface area contributed by atoms with Crippen LogP contribution in [0.1, 0.15) is 23.5 Å². The molecular formula is C14H16N2O2. The van der Waals surface area contributed by atoms with Gasteiger partial charge in [0.1, 0.15) is 0 Å². The summed E-state index contributed by atoms with van der Waals surface area (Å²) >= 11 is 0. The lowest BCUT2D eigenvalue weighted by Gasteiger charge is -2.33. The molecule has 0 aromatic heterocycles. The lowest BCUT2D eigenvalue weighted by Crippen LogP contribution is -2.42. The Hall–Kier alpha value is -1.84. The van der Waals surface area contributed by atoms with Crippen molar-refractivity contribution in [2.75, 3.05) is 19.6 Å².